The molecule has 0 spiro atoms. The molecular formula is C112H125N3O27. The number of esters is 1. The van der Waals surface area contributed by atoms with Crippen molar-refractivity contribution in [2.24, 2.45) is 29.6 Å². The first-order valence-corrected chi connectivity index (χ1v) is 49.2. The summed E-state index contributed by atoms with van der Waals surface area (Å²) in [5, 5.41) is 22.0. The third-order valence-corrected chi connectivity index (χ3v) is 30.8. The second kappa shape index (κ2) is 39.9. The molecule has 0 bridgehead atoms. The summed E-state index contributed by atoms with van der Waals surface area (Å²) in [5.41, 5.74) is 8.92. The fraction of sp³-hybridized carbons (Fsp3) is 0.446. The first kappa shape index (κ1) is 96.2. The lowest BCUT2D eigenvalue weighted by Crippen LogP contribution is -2.61. The molecule has 13 heterocycles. The average Bonchev–Trinajstić information content (AvgIpc) is 1.16. The molecule has 24 rings (SSSR count). The van der Waals surface area contributed by atoms with Crippen molar-refractivity contribution in [2.45, 2.75) is 165 Å². The third-order valence-electron chi connectivity index (χ3n) is 30.8. The summed E-state index contributed by atoms with van der Waals surface area (Å²) in [5.74, 6) is 10.9. The van der Waals surface area contributed by atoms with Crippen molar-refractivity contribution >= 4 is 11.8 Å². The van der Waals surface area contributed by atoms with E-state index < -0.39 is 35.1 Å². The van der Waals surface area contributed by atoms with Gasteiger partial charge in [0.2, 0.25) is 51.3 Å². The van der Waals surface area contributed by atoms with E-state index in [0.29, 0.717) is 94.2 Å². The number of ether oxygens (including phenoxy) is 23. The van der Waals surface area contributed by atoms with Gasteiger partial charge in [-0.25, -0.2) is 0 Å². The molecule has 30 nitrogen and oxygen atoms in total. The quantitative estimate of drug-likeness (QED) is 0.0800. The highest BCUT2D eigenvalue weighted by atomic mass is 16.7. The summed E-state index contributed by atoms with van der Waals surface area (Å²) >= 11 is 0. The molecule has 30 heteroatoms. The Bertz CT molecular complexity index is 6250. The monoisotopic (exact) mass is 1940 g/mol. The molecule has 10 aromatic carbocycles. The number of carbonyl (C=O) groups excluding carboxylic acids is 2. The minimum atomic E-state index is -1.51. The number of Topliss-reactive ketones (excluding diaryl/α,β-unsaturated/α-hetero) is 1. The van der Waals surface area contributed by atoms with E-state index in [1.165, 1.54) is 47.9 Å². The topological polar surface area (TPSA) is 297 Å². The van der Waals surface area contributed by atoms with Gasteiger partial charge in [0.25, 0.3) is 0 Å². The van der Waals surface area contributed by atoms with Crippen molar-refractivity contribution in [3.63, 3.8) is 0 Å². The summed E-state index contributed by atoms with van der Waals surface area (Å²) in [6.07, 6.45) is 8.58. The van der Waals surface area contributed by atoms with Gasteiger partial charge in [-0.3, -0.25) is 24.3 Å². The lowest BCUT2D eigenvalue weighted by Gasteiger charge is -2.50. The first-order valence-electron chi connectivity index (χ1n) is 49.2. The van der Waals surface area contributed by atoms with Crippen LogP contribution in [0.25, 0.3) is 0 Å². The van der Waals surface area contributed by atoms with Gasteiger partial charge in [-0.05, 0) is 173 Å². The molecule has 13 aliphatic heterocycles. The zero-order valence-corrected chi connectivity index (χ0v) is 82.8. The highest BCUT2D eigenvalue weighted by Gasteiger charge is 2.59. The predicted octanol–water partition coefficient (Wildman–Crippen LogP) is 18.7. The normalized spacial score (nSPS) is 26.9. The van der Waals surface area contributed by atoms with Crippen molar-refractivity contribution in [1.82, 2.24) is 14.7 Å². The number of ketones is 1. The van der Waals surface area contributed by atoms with Crippen LogP contribution in [-0.4, -0.2) is 196 Å². The molecule has 1 saturated carbocycles. The Morgan fingerprint density at radius 2 is 0.761 bits per heavy atom. The lowest BCUT2D eigenvalue weighted by atomic mass is 9.67. The van der Waals surface area contributed by atoms with Crippen LogP contribution in [-0.2, 0) is 14.3 Å². The van der Waals surface area contributed by atoms with Crippen LogP contribution in [0.2, 0.25) is 0 Å². The van der Waals surface area contributed by atoms with Crippen LogP contribution in [0.15, 0.2) is 170 Å². The number of benzene rings is 10. The number of para-hydroxylation sites is 1. The van der Waals surface area contributed by atoms with Crippen molar-refractivity contribution in [3.8, 4) is 126 Å². The molecule has 10 aromatic rings. The standard InChI is InChI=1S/C27H33NO8.C23H27NO4.C22H25NO4.C21H20O6.C19H20O5/c1-6-33-26(29)24-23(16-11-21(30-3)25(32-5)22(12-16)31-4)17-13-19-20(35-15-34-19)14-18(17)36-27(24,2)28-9-7-8-10-28;1-15-22(16-6-8-17(25-3)9-7-16)18-12-20-21(27-14-26-20)13-19(18)28-23(15,2)24-10-4-5-11-24;1-14-21(15-5-7-16(24-2)8-6-15)17-11-19-20(26-13-25-19)12-18(17)27-22(14)23-9-3-4-10-23;1-24-13-6-4-12(5-7-13)19-14-9-17-18(26-11-25-17)10-16(14)27-21(23)8-2-3-15(22)20(19)21;1-11-18(12-6-4-5-7-14(12)21-3)13-8-16-17(23-10-22-16)9-15(13)24-19(11,2)20/h11-14,23-24H,6-10,15H2,1-5H3;6-9,12-13,15,22H,4-5,10-11,14H2,1-3H3;5-8,11-12,14,21-22H,3-4,9-10,13H2,1-2H3;4-7,9-10,19-20,23H,2-3,8,11H2,1H3;4-9,11,18,20H,10H2,1-3H3. The van der Waals surface area contributed by atoms with Crippen LogP contribution in [0.3, 0.4) is 0 Å². The number of hydrogen-bond acceptors (Lipinski definition) is 30. The minimum Gasteiger partial charge on any atom is -0.497 e. The van der Waals surface area contributed by atoms with Gasteiger partial charge in [0, 0.05) is 170 Å². The van der Waals surface area contributed by atoms with Gasteiger partial charge in [-0.15, -0.1) is 0 Å². The van der Waals surface area contributed by atoms with Gasteiger partial charge < -0.3 is 119 Å². The van der Waals surface area contributed by atoms with Crippen LogP contribution in [0.5, 0.6) is 126 Å². The number of hydrogen-bond donors (Lipinski definition) is 2. The third kappa shape index (κ3) is 17.9. The number of rotatable bonds is 17. The largest absolute Gasteiger partial charge is 0.497 e. The van der Waals surface area contributed by atoms with E-state index >= 15 is 0 Å². The molecule has 15 atom stereocenters. The molecule has 3 saturated heterocycles. The van der Waals surface area contributed by atoms with E-state index in [1.54, 1.807) is 68.8 Å². The Morgan fingerprint density at radius 3 is 1.22 bits per heavy atom. The van der Waals surface area contributed by atoms with E-state index in [4.69, 9.17) is 109 Å². The van der Waals surface area contributed by atoms with Gasteiger partial charge in [-0.1, -0.05) is 75.4 Å². The van der Waals surface area contributed by atoms with Crippen LogP contribution >= 0.6 is 0 Å². The van der Waals surface area contributed by atoms with Gasteiger partial charge in [0.05, 0.1) is 62.3 Å². The highest BCUT2D eigenvalue weighted by molar-refractivity contribution is 5.86. The highest BCUT2D eigenvalue weighted by Crippen LogP contribution is 2.61. The molecule has 15 unspecified atom stereocenters. The molecule has 14 aliphatic rings. The van der Waals surface area contributed by atoms with Crippen LogP contribution in [0.4, 0.5) is 0 Å². The smallest absolute Gasteiger partial charge is 0.315 e. The number of fused-ring (bicyclic) bond motifs is 11. The van der Waals surface area contributed by atoms with E-state index in [2.05, 4.69) is 71.9 Å². The predicted molar refractivity (Wildman–Crippen MR) is 522 cm³/mol. The van der Waals surface area contributed by atoms with E-state index in [9.17, 15) is 19.8 Å². The van der Waals surface area contributed by atoms with Crippen molar-refractivity contribution < 1.29 is 129 Å². The SMILES string of the molecule is CCOC(=O)C1C(c2cc(OC)c(OC)c(OC)c2)c2cc3c(cc2OC1(C)N1CCCC1)OCO3.COc1ccc(C2c3cc4c(cc3OC(C)(N3CCCC3)C2C)OCO4)cc1.COc1ccc(C2c3cc4c(cc3OC(N3CCCC3)C2C)OCO4)cc1.COc1ccc(C2c3cc4c(cc3OC3(O)CCCC(=O)C23)OCO4)cc1.COc1ccccc1C1c2cc3c(cc2OC(C)(O)C1C)OCO3. The Labute approximate surface area is 827 Å². The molecule has 750 valence electrons. The molecular weight excluding hydrogens is 1820 g/mol. The van der Waals surface area contributed by atoms with Crippen LogP contribution in [0, 0.1) is 29.6 Å². The van der Waals surface area contributed by atoms with E-state index in [-0.39, 0.29) is 99.8 Å². The van der Waals surface area contributed by atoms with Gasteiger partial charge >= 0.3 is 5.97 Å². The minimum absolute atomic E-state index is 0.0212. The van der Waals surface area contributed by atoms with Gasteiger partial charge in [0.1, 0.15) is 63.4 Å². The Morgan fingerprint density at radius 1 is 0.373 bits per heavy atom. The zero-order chi connectivity index (χ0) is 98.6. The Balaban J connectivity index is 0.000000109. The maximum Gasteiger partial charge on any atom is 0.315 e. The average molecular weight is 1950 g/mol. The summed E-state index contributed by atoms with van der Waals surface area (Å²) in [4.78, 5) is 33.8. The number of methoxy groups -OCH3 is 7. The molecule has 1 aliphatic carbocycles. The van der Waals surface area contributed by atoms with Crippen molar-refractivity contribution in [1.29, 1.82) is 0 Å². The first-order chi connectivity index (χ1) is 68.9. The number of carbonyl (C=O) groups is 2. The molecule has 0 amide bonds. The maximum absolute atomic E-state index is 13.8. The zero-order valence-electron chi connectivity index (χ0n) is 82.8. The Hall–Kier alpha value is -13.3. The van der Waals surface area contributed by atoms with E-state index in [1.807, 2.05) is 142 Å². The lowest BCUT2D eigenvalue weighted by molar-refractivity contribution is -0.206. The second-order valence-corrected chi connectivity index (χ2v) is 38.6. The summed E-state index contributed by atoms with van der Waals surface area (Å²) in [6.45, 7) is 21.6. The van der Waals surface area contributed by atoms with E-state index in [0.717, 1.165) is 143 Å². The van der Waals surface area contributed by atoms with Gasteiger partial charge in [0.15, 0.2) is 86.7 Å². The van der Waals surface area contributed by atoms with Crippen LogP contribution < -0.4 is 104 Å². The summed E-state index contributed by atoms with van der Waals surface area (Å²) < 4.78 is 132. The van der Waals surface area contributed by atoms with Gasteiger partial charge in [-0.2, -0.15) is 0 Å². The van der Waals surface area contributed by atoms with Crippen molar-refractivity contribution in [3.05, 3.63) is 225 Å². The maximum atomic E-state index is 13.8. The fourth-order valence-corrected chi connectivity index (χ4v) is 23.3. The molecule has 0 aromatic heterocycles. The molecule has 0 radical (unpaired) electrons. The number of aliphatic hydroxyl groups is 2. The van der Waals surface area contributed by atoms with Crippen molar-refractivity contribution in [2.75, 3.05) is 130 Å². The summed E-state index contributed by atoms with van der Waals surface area (Å²) in [6, 6.07) is 55.4. The fourth-order valence-electron chi connectivity index (χ4n) is 23.3. The van der Waals surface area contributed by atoms with Crippen LogP contribution in [0.1, 0.15) is 191 Å². The Kier molecular flexibility index (Phi) is 27.1. The second-order valence-electron chi connectivity index (χ2n) is 38.6. The molecule has 142 heavy (non-hydrogen) atoms. The number of nitrogens with zero attached hydrogens (tertiary/aromatic N) is 3. The molecule has 4 fully saturated rings. The molecule has 2 N–H and O–H groups in total. The summed E-state index contributed by atoms with van der Waals surface area (Å²) in [7, 11) is 11.4. The number of likely N-dealkylation sites (tertiary alicyclic amines) is 3.